The van der Waals surface area contributed by atoms with E-state index in [1.807, 2.05) is 35.0 Å². The second kappa shape index (κ2) is 10.3. The van der Waals surface area contributed by atoms with Crippen LogP contribution in [0.5, 0.6) is 5.75 Å². The minimum atomic E-state index is 0. The fourth-order valence-corrected chi connectivity index (χ4v) is 3.72. The zero-order chi connectivity index (χ0) is 18.8. The van der Waals surface area contributed by atoms with Crippen LogP contribution in [-0.4, -0.2) is 50.6 Å². The molecule has 0 spiro atoms. The van der Waals surface area contributed by atoms with Crippen molar-refractivity contribution in [2.75, 3.05) is 26.3 Å². The van der Waals surface area contributed by atoms with Gasteiger partial charge in [0, 0.05) is 38.9 Å². The zero-order valence-electron chi connectivity index (χ0n) is 16.6. The topological polar surface area (TPSA) is 79.0 Å². The average Bonchev–Trinajstić information content (AvgIpc) is 3.44. The lowest BCUT2D eigenvalue weighted by atomic mass is 10.2. The summed E-state index contributed by atoms with van der Waals surface area (Å²) >= 11 is 0. The Labute approximate surface area is 187 Å². The number of halogens is 2. The molecule has 1 saturated heterocycles. The number of aromatic nitrogens is 5. The molecule has 30 heavy (non-hydrogen) atoms. The van der Waals surface area contributed by atoms with Crippen LogP contribution in [0.25, 0.3) is 11.5 Å². The third-order valence-corrected chi connectivity index (χ3v) is 5.18. The normalized spacial score (nSPS) is 18.1. The molecule has 0 aliphatic carbocycles. The zero-order valence-corrected chi connectivity index (χ0v) is 18.2. The minimum Gasteiger partial charge on any atom is -0.486 e. The fourth-order valence-electron chi connectivity index (χ4n) is 3.72. The van der Waals surface area contributed by atoms with E-state index in [0.29, 0.717) is 19.0 Å². The number of rotatable bonds is 5. The van der Waals surface area contributed by atoms with Gasteiger partial charge in [-0.3, -0.25) is 0 Å². The summed E-state index contributed by atoms with van der Waals surface area (Å²) in [5, 5.41) is 8.15. The number of hydrogen-bond donors (Lipinski definition) is 1. The molecular weight excluding hydrogens is 427 g/mol. The smallest absolute Gasteiger partial charge is 0.188 e. The minimum absolute atomic E-state index is 0. The molecule has 0 bridgehead atoms. The second-order valence-electron chi connectivity index (χ2n) is 7.15. The maximum absolute atomic E-state index is 5.85. The molecule has 1 unspecified atom stereocenters. The monoisotopic (exact) mass is 452 g/mol. The Morgan fingerprint density at radius 3 is 2.80 bits per heavy atom. The molecular formula is C20H26Cl2N6O2. The predicted molar refractivity (Wildman–Crippen MR) is 118 cm³/mol. The largest absolute Gasteiger partial charge is 0.486 e. The van der Waals surface area contributed by atoms with E-state index in [1.54, 1.807) is 0 Å². The number of ether oxygens (including phenoxy) is 2. The predicted octanol–water partition coefficient (Wildman–Crippen LogP) is 2.67. The van der Waals surface area contributed by atoms with Crippen molar-refractivity contribution in [2.45, 2.75) is 32.0 Å². The van der Waals surface area contributed by atoms with E-state index in [2.05, 4.69) is 16.1 Å². The van der Waals surface area contributed by atoms with Gasteiger partial charge >= 0.3 is 0 Å². The van der Waals surface area contributed by atoms with E-state index >= 15 is 0 Å². The maximum atomic E-state index is 5.85. The SMILES string of the molecule is Cl.Cl.c1ccc(OCc2nc(-c3cn4c(n3)CCNCC4)n(C3CCOC3)n2)cc1. The Morgan fingerprint density at radius 1 is 1.13 bits per heavy atom. The summed E-state index contributed by atoms with van der Waals surface area (Å²) in [6.07, 6.45) is 3.96. The summed E-state index contributed by atoms with van der Waals surface area (Å²) < 4.78 is 15.6. The molecule has 1 fully saturated rings. The summed E-state index contributed by atoms with van der Waals surface area (Å²) in [5.74, 6) is 3.37. The number of nitrogens with one attached hydrogen (secondary N) is 1. The van der Waals surface area contributed by atoms with Gasteiger partial charge in [-0.25, -0.2) is 14.6 Å². The number of nitrogens with zero attached hydrogens (tertiary/aromatic N) is 5. The van der Waals surface area contributed by atoms with E-state index in [9.17, 15) is 0 Å². The molecule has 0 amide bonds. The molecule has 10 heteroatoms. The van der Waals surface area contributed by atoms with Crippen LogP contribution in [-0.2, 0) is 24.3 Å². The lowest BCUT2D eigenvalue weighted by Gasteiger charge is -2.10. The number of fused-ring (bicyclic) bond motifs is 1. The van der Waals surface area contributed by atoms with Gasteiger partial charge in [-0.15, -0.1) is 24.8 Å². The van der Waals surface area contributed by atoms with Gasteiger partial charge in [-0.05, 0) is 18.6 Å². The lowest BCUT2D eigenvalue weighted by molar-refractivity contribution is 0.184. The number of imidazole rings is 1. The molecule has 0 radical (unpaired) electrons. The van der Waals surface area contributed by atoms with Crippen molar-refractivity contribution >= 4 is 24.8 Å². The lowest BCUT2D eigenvalue weighted by Crippen LogP contribution is -2.17. The van der Waals surface area contributed by atoms with Crippen LogP contribution in [0, 0.1) is 0 Å². The summed E-state index contributed by atoms with van der Waals surface area (Å²) in [5.41, 5.74) is 0.877. The van der Waals surface area contributed by atoms with Crippen molar-refractivity contribution in [3.05, 3.63) is 48.2 Å². The first-order valence-corrected chi connectivity index (χ1v) is 9.85. The van der Waals surface area contributed by atoms with Crippen molar-refractivity contribution in [2.24, 2.45) is 0 Å². The Hall–Kier alpha value is -2.13. The van der Waals surface area contributed by atoms with Crippen molar-refractivity contribution in [1.29, 1.82) is 0 Å². The van der Waals surface area contributed by atoms with Crippen molar-refractivity contribution in [3.63, 3.8) is 0 Å². The summed E-state index contributed by atoms with van der Waals surface area (Å²) in [6, 6.07) is 9.94. The molecule has 4 heterocycles. The Morgan fingerprint density at radius 2 is 2.00 bits per heavy atom. The van der Waals surface area contributed by atoms with E-state index in [-0.39, 0.29) is 30.9 Å². The highest BCUT2D eigenvalue weighted by molar-refractivity contribution is 5.85. The Kier molecular flexibility index (Phi) is 7.71. The molecule has 8 nitrogen and oxygen atoms in total. The highest BCUT2D eigenvalue weighted by Crippen LogP contribution is 2.26. The molecule has 2 aromatic heterocycles. The van der Waals surface area contributed by atoms with Crippen LogP contribution in [0.1, 0.15) is 24.1 Å². The third-order valence-electron chi connectivity index (χ3n) is 5.18. The van der Waals surface area contributed by atoms with Crippen LogP contribution in [0.4, 0.5) is 0 Å². The van der Waals surface area contributed by atoms with Gasteiger partial charge in [0.1, 0.15) is 23.9 Å². The number of para-hydroxylation sites is 1. The van der Waals surface area contributed by atoms with Gasteiger partial charge in [0.05, 0.1) is 12.6 Å². The highest BCUT2D eigenvalue weighted by atomic mass is 35.5. The Balaban J connectivity index is 0.00000128. The van der Waals surface area contributed by atoms with E-state index in [1.165, 1.54) is 0 Å². The molecule has 1 atom stereocenters. The van der Waals surface area contributed by atoms with E-state index in [4.69, 9.17) is 24.5 Å². The molecule has 1 N–H and O–H groups in total. The average molecular weight is 453 g/mol. The molecule has 5 rings (SSSR count). The van der Waals surface area contributed by atoms with Gasteiger partial charge in [-0.2, -0.15) is 5.10 Å². The van der Waals surface area contributed by atoms with Gasteiger partial charge in [0.15, 0.2) is 11.6 Å². The molecule has 162 valence electrons. The maximum Gasteiger partial charge on any atom is 0.188 e. The third kappa shape index (κ3) is 4.78. The summed E-state index contributed by atoms with van der Waals surface area (Å²) in [7, 11) is 0. The first-order valence-electron chi connectivity index (χ1n) is 9.85. The van der Waals surface area contributed by atoms with Crippen LogP contribution < -0.4 is 10.1 Å². The van der Waals surface area contributed by atoms with Crippen LogP contribution in [0.2, 0.25) is 0 Å². The van der Waals surface area contributed by atoms with Crippen LogP contribution in [0.3, 0.4) is 0 Å². The standard InChI is InChI=1S/C20H24N6O2.2ClH/c1-2-4-16(5-3-1)28-14-18-23-20(26(24-18)15-7-11-27-13-15)17-12-25-10-9-21-8-6-19(25)22-17;;/h1-5,12,15,21H,6-11,13-14H2;2*1H. The van der Waals surface area contributed by atoms with Crippen LogP contribution >= 0.6 is 24.8 Å². The van der Waals surface area contributed by atoms with Gasteiger partial charge in [-0.1, -0.05) is 18.2 Å². The van der Waals surface area contributed by atoms with Gasteiger partial charge in [0.2, 0.25) is 0 Å². The summed E-state index contributed by atoms with van der Waals surface area (Å²) in [6.45, 7) is 4.58. The van der Waals surface area contributed by atoms with E-state index in [0.717, 1.165) is 62.2 Å². The first kappa shape index (κ1) is 22.6. The quantitative estimate of drug-likeness (QED) is 0.640. The first-order chi connectivity index (χ1) is 13.9. The molecule has 2 aliphatic rings. The highest BCUT2D eigenvalue weighted by Gasteiger charge is 2.26. The molecule has 1 aromatic carbocycles. The fraction of sp³-hybridized carbons (Fsp3) is 0.450. The molecule has 0 saturated carbocycles. The van der Waals surface area contributed by atoms with Crippen molar-refractivity contribution in [3.8, 4) is 17.3 Å². The number of benzene rings is 1. The summed E-state index contributed by atoms with van der Waals surface area (Å²) in [4.78, 5) is 9.65. The van der Waals surface area contributed by atoms with Gasteiger partial charge in [0.25, 0.3) is 0 Å². The van der Waals surface area contributed by atoms with Crippen LogP contribution in [0.15, 0.2) is 36.5 Å². The molecule has 2 aliphatic heterocycles. The van der Waals surface area contributed by atoms with Crippen molar-refractivity contribution < 1.29 is 9.47 Å². The number of hydrogen-bond acceptors (Lipinski definition) is 6. The second-order valence-corrected chi connectivity index (χ2v) is 7.15. The molecule has 3 aromatic rings. The Bertz CT molecular complexity index is 917. The van der Waals surface area contributed by atoms with Gasteiger partial charge < -0.3 is 19.4 Å². The van der Waals surface area contributed by atoms with E-state index < -0.39 is 0 Å². The van der Waals surface area contributed by atoms with Crippen molar-refractivity contribution in [1.82, 2.24) is 29.6 Å².